The standard InChI is InChI=1S/C12H16O2.C12H16.O2/c13-14-12(9-5-2-6-10-12)11-7-3-1-4-8-11;1-3-7-11(8-4-1)12-9-5-2-6-10-12;1-2/h1,3-4,7-8,13H,2,5-6,9-10H2;1,3-4,7-8,12H,2,5-6,9-10H2;. The number of rotatable bonds is 3. The van der Waals surface area contributed by atoms with Crippen molar-refractivity contribution in [2.75, 3.05) is 0 Å². The van der Waals surface area contributed by atoms with Gasteiger partial charge in [-0.15, -0.1) is 0 Å². The van der Waals surface area contributed by atoms with Crippen LogP contribution in [0.3, 0.4) is 0 Å². The smallest absolute Gasteiger partial charge is 0.128 e. The summed E-state index contributed by atoms with van der Waals surface area (Å²) < 4.78 is 0. The Balaban J connectivity index is 0.000000186. The van der Waals surface area contributed by atoms with Crippen molar-refractivity contribution in [2.24, 2.45) is 0 Å². The van der Waals surface area contributed by atoms with Crippen molar-refractivity contribution in [3.05, 3.63) is 81.7 Å². The van der Waals surface area contributed by atoms with Crippen molar-refractivity contribution < 1.29 is 10.1 Å². The molecule has 2 aliphatic carbocycles. The van der Waals surface area contributed by atoms with Gasteiger partial charge in [0.05, 0.1) is 0 Å². The van der Waals surface area contributed by atoms with E-state index in [4.69, 9.17) is 20.1 Å². The van der Waals surface area contributed by atoms with Crippen LogP contribution in [0.1, 0.15) is 81.3 Å². The van der Waals surface area contributed by atoms with E-state index in [2.05, 4.69) is 30.3 Å². The van der Waals surface area contributed by atoms with Crippen molar-refractivity contribution in [3.8, 4) is 0 Å². The molecule has 2 aromatic rings. The van der Waals surface area contributed by atoms with Gasteiger partial charge < -0.3 is 0 Å². The molecule has 0 spiro atoms. The Morgan fingerprint density at radius 3 is 1.75 bits per heavy atom. The monoisotopic (exact) mass is 384 g/mol. The van der Waals surface area contributed by atoms with Crippen LogP contribution >= 0.6 is 0 Å². The van der Waals surface area contributed by atoms with Crippen molar-refractivity contribution >= 4 is 0 Å². The summed E-state index contributed by atoms with van der Waals surface area (Å²) in [6.07, 6.45) is 12.5. The summed E-state index contributed by atoms with van der Waals surface area (Å²) in [5.41, 5.74) is 2.22. The fourth-order valence-corrected chi connectivity index (χ4v) is 4.46. The molecule has 152 valence electrons. The van der Waals surface area contributed by atoms with E-state index in [0.717, 1.165) is 37.2 Å². The van der Waals surface area contributed by atoms with Crippen LogP contribution < -0.4 is 0 Å². The lowest BCUT2D eigenvalue weighted by molar-refractivity contribution is -0.337. The van der Waals surface area contributed by atoms with Gasteiger partial charge in [0, 0.05) is 9.93 Å². The topological polar surface area (TPSA) is 63.6 Å². The van der Waals surface area contributed by atoms with Crippen LogP contribution in [0.15, 0.2) is 60.7 Å². The third-order valence-corrected chi connectivity index (χ3v) is 6.01. The zero-order valence-electron chi connectivity index (χ0n) is 16.6. The highest BCUT2D eigenvalue weighted by molar-refractivity contribution is 5.23. The lowest BCUT2D eigenvalue weighted by Crippen LogP contribution is -2.31. The maximum Gasteiger partial charge on any atom is 0.128 e. The second-order valence-corrected chi connectivity index (χ2v) is 7.76. The summed E-state index contributed by atoms with van der Waals surface area (Å²) in [5, 5.41) is 9.09. The molecule has 0 aromatic heterocycles. The van der Waals surface area contributed by atoms with Gasteiger partial charge >= 0.3 is 0 Å². The molecule has 0 aliphatic heterocycles. The second-order valence-electron chi connectivity index (χ2n) is 7.76. The molecule has 4 heteroatoms. The fourth-order valence-electron chi connectivity index (χ4n) is 4.46. The Hall–Kier alpha value is -2.04. The molecule has 0 heterocycles. The fraction of sp³-hybridized carbons (Fsp3) is 0.500. The van der Waals surface area contributed by atoms with E-state index in [1.165, 1.54) is 38.5 Å². The zero-order valence-corrected chi connectivity index (χ0v) is 16.6. The molecule has 4 nitrogen and oxygen atoms in total. The first kappa shape index (κ1) is 22.3. The Morgan fingerprint density at radius 1 is 0.714 bits per heavy atom. The minimum Gasteiger partial charge on any atom is -0.251 e. The molecule has 1 N–H and O–H groups in total. The molecule has 28 heavy (non-hydrogen) atoms. The van der Waals surface area contributed by atoms with Gasteiger partial charge in [-0.05, 0) is 42.7 Å². The first-order valence-corrected chi connectivity index (χ1v) is 10.4. The summed E-state index contributed by atoms with van der Waals surface area (Å²) >= 11 is 0. The van der Waals surface area contributed by atoms with Crippen molar-refractivity contribution in [2.45, 2.75) is 75.7 Å². The predicted octanol–water partition coefficient (Wildman–Crippen LogP) is 7.14. The summed E-state index contributed by atoms with van der Waals surface area (Å²) in [5.74, 6) is 0.861. The van der Waals surface area contributed by atoms with Crippen molar-refractivity contribution in [1.29, 1.82) is 0 Å². The van der Waals surface area contributed by atoms with Gasteiger partial charge in [0.15, 0.2) is 0 Å². The van der Waals surface area contributed by atoms with Crippen LogP contribution in [0.4, 0.5) is 0 Å². The predicted molar refractivity (Wildman–Crippen MR) is 114 cm³/mol. The maximum absolute atomic E-state index is 9.09. The molecular formula is C24H32O4. The van der Waals surface area contributed by atoms with Gasteiger partial charge in [0.1, 0.15) is 5.60 Å². The summed E-state index contributed by atoms with van der Waals surface area (Å²) in [6, 6.07) is 21.0. The van der Waals surface area contributed by atoms with Crippen LogP contribution in [0.25, 0.3) is 0 Å². The molecule has 0 atom stereocenters. The van der Waals surface area contributed by atoms with Crippen molar-refractivity contribution in [3.63, 3.8) is 0 Å². The molecule has 0 amide bonds. The average molecular weight is 385 g/mol. The average Bonchev–Trinajstić information content (AvgIpc) is 2.83. The largest absolute Gasteiger partial charge is 0.251 e. The van der Waals surface area contributed by atoms with Gasteiger partial charge in [-0.1, -0.05) is 99.2 Å². The molecule has 2 aromatic carbocycles. The van der Waals surface area contributed by atoms with Gasteiger partial charge in [0.25, 0.3) is 0 Å². The molecule has 0 bridgehead atoms. The van der Waals surface area contributed by atoms with Crippen LogP contribution in [0, 0.1) is 9.93 Å². The van der Waals surface area contributed by atoms with Gasteiger partial charge in [0.2, 0.25) is 0 Å². The molecule has 0 radical (unpaired) electrons. The highest BCUT2D eigenvalue weighted by Gasteiger charge is 2.35. The quantitative estimate of drug-likeness (QED) is 0.451. The number of benzene rings is 2. The Morgan fingerprint density at radius 2 is 1.21 bits per heavy atom. The lowest BCUT2D eigenvalue weighted by atomic mass is 9.80. The molecule has 0 saturated heterocycles. The van der Waals surface area contributed by atoms with Crippen LogP contribution in [0.5, 0.6) is 0 Å². The molecule has 2 fully saturated rings. The Bertz CT molecular complexity index is 632. The van der Waals surface area contributed by atoms with Gasteiger partial charge in [-0.3, -0.25) is 5.26 Å². The number of hydrogen-bond donors (Lipinski definition) is 1. The van der Waals surface area contributed by atoms with E-state index in [1.807, 2.05) is 30.3 Å². The third kappa shape index (κ3) is 6.25. The van der Waals surface area contributed by atoms with E-state index in [1.54, 1.807) is 5.56 Å². The van der Waals surface area contributed by atoms with E-state index in [-0.39, 0.29) is 0 Å². The molecule has 2 aliphatic rings. The van der Waals surface area contributed by atoms with E-state index >= 15 is 0 Å². The van der Waals surface area contributed by atoms with Crippen LogP contribution in [0.2, 0.25) is 0 Å². The summed E-state index contributed by atoms with van der Waals surface area (Å²) in [6.45, 7) is 0. The van der Waals surface area contributed by atoms with E-state index in [9.17, 15) is 0 Å². The summed E-state index contributed by atoms with van der Waals surface area (Å²) in [7, 11) is 0. The van der Waals surface area contributed by atoms with Crippen molar-refractivity contribution in [1.82, 2.24) is 0 Å². The molecule has 4 rings (SSSR count). The van der Waals surface area contributed by atoms with Gasteiger partial charge in [-0.25, -0.2) is 4.89 Å². The van der Waals surface area contributed by atoms with Crippen LogP contribution in [-0.4, -0.2) is 5.26 Å². The Kier molecular flexibility index (Phi) is 9.87. The van der Waals surface area contributed by atoms with E-state index in [0.29, 0.717) is 0 Å². The van der Waals surface area contributed by atoms with E-state index < -0.39 is 5.60 Å². The highest BCUT2D eigenvalue weighted by atomic mass is 17.1. The Labute approximate surface area is 168 Å². The maximum atomic E-state index is 9.09. The molecule has 0 unspecified atom stereocenters. The molecular weight excluding hydrogens is 352 g/mol. The summed E-state index contributed by atoms with van der Waals surface area (Å²) in [4.78, 5) is 18.8. The normalized spacial score (nSPS) is 18.8. The molecule has 2 saturated carbocycles. The van der Waals surface area contributed by atoms with Crippen LogP contribution in [-0.2, 0) is 10.5 Å². The lowest BCUT2D eigenvalue weighted by Gasteiger charge is -2.34. The SMILES string of the molecule is O=O.OOC1(c2ccccc2)CCCCC1.c1ccc(C2CCCCC2)cc1. The van der Waals surface area contributed by atoms with Gasteiger partial charge in [-0.2, -0.15) is 0 Å². The second kappa shape index (κ2) is 12.4. The minimum absolute atomic E-state index is 0.431. The third-order valence-electron chi connectivity index (χ3n) is 6.01. The highest BCUT2D eigenvalue weighted by Crippen LogP contribution is 2.39. The number of hydrogen-bond acceptors (Lipinski definition) is 4. The first-order chi connectivity index (χ1) is 13.8. The first-order valence-electron chi connectivity index (χ1n) is 10.4. The minimum atomic E-state index is -0.431. The zero-order chi connectivity index (χ0) is 20.1.